The fourth-order valence-corrected chi connectivity index (χ4v) is 4.15. The maximum absolute atomic E-state index is 12.5. The van der Waals surface area contributed by atoms with E-state index in [-0.39, 0.29) is 45.6 Å². The number of para-hydroxylation sites is 1. The van der Waals surface area contributed by atoms with Gasteiger partial charge in [0.05, 0.1) is 29.0 Å². The molecule has 4 aromatic rings. The summed E-state index contributed by atoms with van der Waals surface area (Å²) >= 11 is 1.62. The number of amides is 1. The van der Waals surface area contributed by atoms with Crippen molar-refractivity contribution in [2.24, 2.45) is 0 Å². The van der Waals surface area contributed by atoms with Gasteiger partial charge >= 0.3 is 39.9 Å². The molecule has 0 saturated heterocycles. The number of fused-ring (bicyclic) bond motifs is 1. The molecular weight excluding hydrogens is 595 g/mol. The van der Waals surface area contributed by atoms with Crippen molar-refractivity contribution < 1.29 is 48.8 Å². The molecule has 193 valence electrons. The predicted molar refractivity (Wildman–Crippen MR) is 133 cm³/mol. The second-order valence-corrected chi connectivity index (χ2v) is 8.00. The van der Waals surface area contributed by atoms with Crippen LogP contribution in [0, 0.1) is 20.0 Å². The number of anilines is 1. The number of nitrogens with zero attached hydrogens (tertiary/aromatic N) is 3. The average Bonchev–Trinajstić information content (AvgIpc) is 3.37. The molecule has 0 aliphatic heterocycles. The van der Waals surface area contributed by atoms with Crippen molar-refractivity contribution in [1.82, 2.24) is 14.9 Å². The number of carbonyl (C=O) groups excluding carboxylic acids is 1. The summed E-state index contributed by atoms with van der Waals surface area (Å²) in [5.41, 5.74) is 3.29. The molecule has 2 aromatic heterocycles. The van der Waals surface area contributed by atoms with Gasteiger partial charge in [0.1, 0.15) is 5.01 Å². The molecule has 2 heterocycles. The van der Waals surface area contributed by atoms with E-state index in [0.29, 0.717) is 11.4 Å². The van der Waals surface area contributed by atoms with Gasteiger partial charge in [0.15, 0.2) is 0 Å². The van der Waals surface area contributed by atoms with Gasteiger partial charge < -0.3 is 10.4 Å². The molecule has 0 fully saturated rings. The minimum absolute atomic E-state index is 0. The Balaban J connectivity index is 0.00000183. The Morgan fingerprint density at radius 1 is 0.895 bits per heavy atom. The Morgan fingerprint density at radius 3 is 2.11 bits per heavy atom. The van der Waals surface area contributed by atoms with Gasteiger partial charge in [0.25, 0.3) is 0 Å². The van der Waals surface area contributed by atoms with Crippen LogP contribution in [0.4, 0.5) is 5.69 Å². The summed E-state index contributed by atoms with van der Waals surface area (Å²) in [4.78, 5) is 34.0. The topological polar surface area (TPSA) is 155 Å². The van der Waals surface area contributed by atoms with Crippen LogP contribution >= 0.6 is 11.3 Å². The Hall–Kier alpha value is -3.75. The number of aliphatic carboxylic acids is 1. The van der Waals surface area contributed by atoms with Crippen LogP contribution in [0.5, 0.6) is 0 Å². The predicted octanol–water partition coefficient (Wildman–Crippen LogP) is 3.77. The van der Waals surface area contributed by atoms with Crippen molar-refractivity contribution in [3.05, 3.63) is 98.6 Å². The Bertz CT molecular complexity index is 1290. The van der Waals surface area contributed by atoms with Gasteiger partial charge in [-0.05, 0) is 48.5 Å². The van der Waals surface area contributed by atoms with Crippen LogP contribution in [-0.2, 0) is 50.2 Å². The molecule has 12 heteroatoms. The second-order valence-electron chi connectivity index (χ2n) is 6.97. The van der Waals surface area contributed by atoms with E-state index in [1.165, 1.54) is 4.90 Å². The van der Waals surface area contributed by atoms with Crippen molar-refractivity contribution in [3.63, 3.8) is 0 Å². The summed E-state index contributed by atoms with van der Waals surface area (Å²) < 4.78 is 23.6. The molecule has 0 atom stereocenters. The fraction of sp³-hybridized carbons (Fsp3) is 0.115. The standard InChI is InChI=1S/C23H20N4O3S.3CO.Tc/c28-21(14-27(15-22(29)30)13-18-5-3-4-12-24-18)25-17-10-8-16(9-11-17)23-26-19-6-1-2-7-20(19)31-23;3*1-2;/h1-12H,13-15H2,(H,25,28)(H,29,30);;;;/i;;;;1+1. The molecule has 1 amide bonds. The van der Waals surface area contributed by atoms with Crippen LogP contribution in [0.2, 0.25) is 0 Å². The molecule has 0 aliphatic rings. The molecule has 2 N–H and O–H groups in total. The Morgan fingerprint density at radius 2 is 1.53 bits per heavy atom. The van der Waals surface area contributed by atoms with E-state index in [4.69, 9.17) is 19.1 Å². The van der Waals surface area contributed by atoms with Crippen LogP contribution in [0.1, 0.15) is 5.69 Å². The molecular formula is C26H20N4O6STc. The van der Waals surface area contributed by atoms with Crippen molar-refractivity contribution in [1.29, 1.82) is 0 Å². The van der Waals surface area contributed by atoms with E-state index >= 15 is 0 Å². The molecule has 10 nitrogen and oxygen atoms in total. The van der Waals surface area contributed by atoms with Gasteiger partial charge in [-0.3, -0.25) is 19.5 Å². The van der Waals surface area contributed by atoms with Gasteiger partial charge in [0, 0.05) is 44.1 Å². The van der Waals surface area contributed by atoms with Crippen LogP contribution in [0.15, 0.2) is 72.9 Å². The van der Waals surface area contributed by atoms with Crippen LogP contribution in [0.3, 0.4) is 0 Å². The number of pyridine rings is 1. The first-order valence-electron chi connectivity index (χ1n) is 10.3. The normalized spacial score (nSPS) is 9.13. The zero-order valence-electron chi connectivity index (χ0n) is 19.7. The first-order chi connectivity index (χ1) is 18.1. The number of carboxylic acids is 1. The molecule has 0 bridgehead atoms. The van der Waals surface area contributed by atoms with Gasteiger partial charge in [-0.15, -0.1) is 11.3 Å². The van der Waals surface area contributed by atoms with Gasteiger partial charge in [-0.1, -0.05) is 18.2 Å². The summed E-state index contributed by atoms with van der Waals surface area (Å²) in [7, 11) is 0. The van der Waals surface area contributed by atoms with Gasteiger partial charge in [-0.2, -0.15) is 0 Å². The van der Waals surface area contributed by atoms with Crippen LogP contribution < -0.4 is 5.32 Å². The number of hydrogen-bond donors (Lipinski definition) is 2. The van der Waals surface area contributed by atoms with Crippen molar-refractivity contribution in [3.8, 4) is 10.6 Å². The van der Waals surface area contributed by atoms with Crippen LogP contribution in [-0.4, -0.2) is 44.9 Å². The molecule has 38 heavy (non-hydrogen) atoms. The molecule has 0 spiro atoms. The number of benzene rings is 2. The zero-order valence-corrected chi connectivity index (χ0v) is 22.3. The van der Waals surface area contributed by atoms with E-state index in [2.05, 4.69) is 35.2 Å². The van der Waals surface area contributed by atoms with Crippen molar-refractivity contribution in [2.45, 2.75) is 6.54 Å². The number of nitrogens with one attached hydrogen (secondary N) is 1. The molecule has 1 radical (unpaired) electrons. The number of carbonyl (C=O) groups is 2. The molecule has 2 aromatic carbocycles. The maximum atomic E-state index is 12.5. The first kappa shape index (κ1) is 34.2. The second kappa shape index (κ2) is 19.4. The zero-order chi connectivity index (χ0) is 27.6. The van der Waals surface area contributed by atoms with E-state index in [1.807, 2.05) is 54.6 Å². The number of aromatic nitrogens is 2. The third-order valence-electron chi connectivity index (χ3n) is 4.55. The van der Waals surface area contributed by atoms with E-state index in [9.17, 15) is 9.59 Å². The summed E-state index contributed by atoms with van der Waals surface area (Å²) in [6, 6.07) is 20.9. The SMILES string of the molecule is O=C(O)CN(CC(=O)Nc1ccc(-c2nc3ccccc3s2)cc1)Cc1ccccn1.[99Tc].[C-]#[O+].[C-]#[O+].[C-]#[O+]. The summed E-state index contributed by atoms with van der Waals surface area (Å²) in [6.45, 7) is 13.5. The number of carboxylic acid groups (broad SMARTS) is 1. The summed E-state index contributed by atoms with van der Waals surface area (Å²) in [5.74, 6) is -1.28. The minimum atomic E-state index is -0.996. The van der Waals surface area contributed by atoms with Crippen molar-refractivity contribution >= 4 is 39.1 Å². The molecule has 4 rings (SSSR count). The quantitative estimate of drug-likeness (QED) is 0.227. The van der Waals surface area contributed by atoms with E-state index < -0.39 is 5.97 Å². The van der Waals surface area contributed by atoms with Crippen molar-refractivity contribution in [2.75, 3.05) is 18.4 Å². The van der Waals surface area contributed by atoms with E-state index in [1.54, 1.807) is 29.7 Å². The molecule has 0 unspecified atom stereocenters. The van der Waals surface area contributed by atoms with Gasteiger partial charge in [0.2, 0.25) is 5.91 Å². The Labute approximate surface area is 236 Å². The fourth-order valence-electron chi connectivity index (χ4n) is 3.18. The summed E-state index contributed by atoms with van der Waals surface area (Å²) in [5, 5.41) is 12.9. The first-order valence-corrected chi connectivity index (χ1v) is 11.1. The third-order valence-corrected chi connectivity index (χ3v) is 5.63. The molecule has 0 aliphatic carbocycles. The number of rotatable bonds is 8. The number of hydrogen-bond acceptors (Lipinski definition) is 6. The number of thiazole rings is 1. The third kappa shape index (κ3) is 11.1. The van der Waals surface area contributed by atoms with Gasteiger partial charge in [-0.25, -0.2) is 4.98 Å². The monoisotopic (exact) mass is 615 g/mol. The summed E-state index contributed by atoms with van der Waals surface area (Å²) in [6.07, 6.45) is 1.64. The van der Waals surface area contributed by atoms with Crippen LogP contribution in [0.25, 0.3) is 20.8 Å². The Kier molecular flexibility index (Phi) is 17.5. The average molecular weight is 615 g/mol. The van der Waals surface area contributed by atoms with E-state index in [0.717, 1.165) is 20.8 Å². The molecule has 0 saturated carbocycles.